The molecule has 0 N–H and O–H groups in total. The highest BCUT2D eigenvalue weighted by Crippen LogP contribution is 2.38. The second-order valence-corrected chi connectivity index (χ2v) is 7.95. The van der Waals surface area contributed by atoms with Gasteiger partial charge in [-0.25, -0.2) is 0 Å². The molecule has 2 aromatic carbocycles. The van der Waals surface area contributed by atoms with Crippen molar-refractivity contribution in [3.63, 3.8) is 0 Å². The summed E-state index contributed by atoms with van der Waals surface area (Å²) in [5, 5.41) is 11.3. The molecule has 2 aromatic rings. The van der Waals surface area contributed by atoms with Gasteiger partial charge in [0.1, 0.15) is 5.69 Å². The normalized spacial score (nSPS) is 15.1. The standard InChI is InChI=1S/C19H15F6N3O3S/c20-18(21,22)13-3-6-15(16(11-13)28(30)31)26-7-9-27(10-8-26)17(29)12-1-4-14(5-2-12)32-19(23,24)25/h1-6,11H,7-10H2. The summed E-state index contributed by atoms with van der Waals surface area (Å²) in [5.74, 6) is -0.421. The number of carbonyl (C=O) groups is 1. The number of carbonyl (C=O) groups excluding carboxylic acids is 1. The van der Waals surface area contributed by atoms with E-state index in [1.165, 1.54) is 34.1 Å². The lowest BCUT2D eigenvalue weighted by molar-refractivity contribution is -0.384. The highest BCUT2D eigenvalue weighted by molar-refractivity contribution is 8.00. The molecular formula is C19H15F6N3O3S. The lowest BCUT2D eigenvalue weighted by Gasteiger charge is -2.36. The zero-order chi connectivity index (χ0) is 23.7. The summed E-state index contributed by atoms with van der Waals surface area (Å²) in [7, 11) is 0. The topological polar surface area (TPSA) is 66.7 Å². The number of thioether (sulfide) groups is 1. The number of alkyl halides is 6. The first-order chi connectivity index (χ1) is 14.8. The fraction of sp³-hybridized carbons (Fsp3) is 0.316. The Morgan fingerprint density at radius 2 is 1.53 bits per heavy atom. The van der Waals surface area contributed by atoms with Crippen molar-refractivity contribution in [1.82, 2.24) is 4.90 Å². The summed E-state index contributed by atoms with van der Waals surface area (Å²) in [6, 6.07) is 7.22. The van der Waals surface area contributed by atoms with Crippen LogP contribution in [-0.2, 0) is 6.18 Å². The molecule has 0 bridgehead atoms. The van der Waals surface area contributed by atoms with E-state index in [1.54, 1.807) is 0 Å². The first-order valence-electron chi connectivity index (χ1n) is 9.11. The molecule has 0 radical (unpaired) electrons. The molecule has 0 saturated carbocycles. The number of rotatable bonds is 4. The molecule has 6 nitrogen and oxygen atoms in total. The van der Waals surface area contributed by atoms with Crippen molar-refractivity contribution < 1.29 is 36.1 Å². The van der Waals surface area contributed by atoms with Crippen LogP contribution in [0.3, 0.4) is 0 Å². The Kier molecular flexibility index (Phi) is 6.58. The van der Waals surface area contributed by atoms with E-state index in [1.807, 2.05) is 0 Å². The highest BCUT2D eigenvalue weighted by Gasteiger charge is 2.34. The number of hydrogen-bond acceptors (Lipinski definition) is 5. The average Bonchev–Trinajstić information content (AvgIpc) is 2.71. The molecule has 1 aliphatic rings. The van der Waals surface area contributed by atoms with E-state index in [4.69, 9.17) is 0 Å². The Morgan fingerprint density at radius 3 is 2.03 bits per heavy atom. The SMILES string of the molecule is O=C(c1ccc(SC(F)(F)F)cc1)N1CCN(c2ccc(C(F)(F)F)cc2[N+](=O)[O-])CC1. The molecular weight excluding hydrogens is 464 g/mol. The van der Waals surface area contributed by atoms with Crippen LogP contribution in [0.5, 0.6) is 0 Å². The summed E-state index contributed by atoms with van der Waals surface area (Å²) < 4.78 is 75.9. The van der Waals surface area contributed by atoms with Crippen molar-refractivity contribution in [3.8, 4) is 0 Å². The number of piperazine rings is 1. The molecule has 32 heavy (non-hydrogen) atoms. The number of nitrogens with zero attached hydrogens (tertiary/aromatic N) is 3. The highest BCUT2D eigenvalue weighted by atomic mass is 32.2. The van der Waals surface area contributed by atoms with Crippen LogP contribution in [0.4, 0.5) is 37.7 Å². The largest absolute Gasteiger partial charge is 0.446 e. The summed E-state index contributed by atoms with van der Waals surface area (Å²) in [6.45, 7) is 0.548. The molecule has 3 rings (SSSR count). The molecule has 0 unspecified atom stereocenters. The van der Waals surface area contributed by atoms with Gasteiger partial charge < -0.3 is 9.80 Å². The zero-order valence-electron chi connectivity index (χ0n) is 16.1. The molecule has 0 atom stereocenters. The Bertz CT molecular complexity index is 1000. The van der Waals surface area contributed by atoms with Gasteiger partial charge in [-0.3, -0.25) is 14.9 Å². The van der Waals surface area contributed by atoms with Crippen LogP contribution in [0.15, 0.2) is 47.4 Å². The molecule has 1 fully saturated rings. The zero-order valence-corrected chi connectivity index (χ0v) is 16.9. The maximum Gasteiger partial charge on any atom is 0.446 e. The number of nitro benzene ring substituents is 1. The lowest BCUT2D eigenvalue weighted by Crippen LogP contribution is -2.49. The Labute approximate surface area is 181 Å². The molecule has 0 aliphatic carbocycles. The van der Waals surface area contributed by atoms with Gasteiger partial charge in [-0.1, -0.05) is 0 Å². The van der Waals surface area contributed by atoms with E-state index in [2.05, 4.69) is 0 Å². The van der Waals surface area contributed by atoms with E-state index in [-0.39, 0.29) is 54.1 Å². The fourth-order valence-corrected chi connectivity index (χ4v) is 3.79. The second kappa shape index (κ2) is 8.88. The molecule has 0 aromatic heterocycles. The van der Waals surface area contributed by atoms with Crippen molar-refractivity contribution in [2.45, 2.75) is 16.6 Å². The van der Waals surface area contributed by atoms with Crippen molar-refractivity contribution >= 4 is 29.0 Å². The first kappa shape index (κ1) is 23.7. The minimum absolute atomic E-state index is 0.0172. The third kappa shape index (κ3) is 5.64. The Morgan fingerprint density at radius 1 is 0.938 bits per heavy atom. The quantitative estimate of drug-likeness (QED) is 0.262. The number of benzene rings is 2. The van der Waals surface area contributed by atoms with Crippen molar-refractivity contribution in [1.29, 1.82) is 0 Å². The third-order valence-corrected chi connectivity index (χ3v) is 5.48. The number of hydrogen-bond donors (Lipinski definition) is 0. The van der Waals surface area contributed by atoms with Gasteiger partial charge >= 0.3 is 11.7 Å². The van der Waals surface area contributed by atoms with Gasteiger partial charge in [-0.15, -0.1) is 0 Å². The maximum atomic E-state index is 12.9. The van der Waals surface area contributed by atoms with Gasteiger partial charge in [-0.05, 0) is 48.2 Å². The molecule has 1 aliphatic heterocycles. The van der Waals surface area contributed by atoms with Gasteiger partial charge in [0.15, 0.2) is 0 Å². The van der Waals surface area contributed by atoms with Gasteiger partial charge in [0.25, 0.3) is 11.6 Å². The van der Waals surface area contributed by atoms with Crippen LogP contribution >= 0.6 is 11.8 Å². The van der Waals surface area contributed by atoms with Crippen LogP contribution in [0.1, 0.15) is 15.9 Å². The molecule has 1 amide bonds. The van der Waals surface area contributed by atoms with Gasteiger partial charge in [-0.2, -0.15) is 26.3 Å². The Hall–Kier alpha value is -2.96. The first-order valence-corrected chi connectivity index (χ1v) is 9.92. The van der Waals surface area contributed by atoms with Crippen molar-refractivity contribution in [2.75, 3.05) is 31.1 Å². The maximum absolute atomic E-state index is 12.9. The lowest BCUT2D eigenvalue weighted by atomic mass is 10.1. The van der Waals surface area contributed by atoms with Crippen LogP contribution < -0.4 is 4.90 Å². The minimum atomic E-state index is -4.72. The van der Waals surface area contributed by atoms with Crippen molar-refractivity contribution in [2.24, 2.45) is 0 Å². The van der Waals surface area contributed by atoms with Crippen LogP contribution in [0, 0.1) is 10.1 Å². The summed E-state index contributed by atoms with van der Waals surface area (Å²) in [4.78, 5) is 25.9. The summed E-state index contributed by atoms with van der Waals surface area (Å²) >= 11 is -0.296. The van der Waals surface area contributed by atoms with Crippen molar-refractivity contribution in [3.05, 3.63) is 63.7 Å². The Balaban J connectivity index is 1.68. The van der Waals surface area contributed by atoms with E-state index in [9.17, 15) is 41.3 Å². The van der Waals surface area contributed by atoms with Gasteiger partial charge in [0.2, 0.25) is 0 Å². The summed E-state index contributed by atoms with van der Waals surface area (Å²) in [5.41, 5.74) is -6.05. The molecule has 172 valence electrons. The molecule has 1 heterocycles. The van der Waals surface area contributed by atoms with Gasteiger partial charge in [0.05, 0.1) is 10.5 Å². The number of halogens is 6. The predicted molar refractivity (Wildman–Crippen MR) is 105 cm³/mol. The minimum Gasteiger partial charge on any atom is -0.362 e. The number of anilines is 1. The average molecular weight is 479 g/mol. The van der Waals surface area contributed by atoms with Gasteiger partial charge in [0, 0.05) is 42.7 Å². The van der Waals surface area contributed by atoms with Crippen LogP contribution in [0.2, 0.25) is 0 Å². The number of nitro groups is 1. The van der Waals surface area contributed by atoms with E-state index >= 15 is 0 Å². The second-order valence-electron chi connectivity index (χ2n) is 6.81. The molecule has 13 heteroatoms. The van der Waals surface area contributed by atoms with E-state index < -0.39 is 33.8 Å². The monoisotopic (exact) mass is 479 g/mol. The van der Waals surface area contributed by atoms with Crippen LogP contribution in [0.25, 0.3) is 0 Å². The van der Waals surface area contributed by atoms with E-state index in [0.29, 0.717) is 6.07 Å². The predicted octanol–water partition coefficient (Wildman–Crippen LogP) is 5.19. The fourth-order valence-electron chi connectivity index (χ4n) is 3.25. The van der Waals surface area contributed by atoms with Crippen LogP contribution in [-0.4, -0.2) is 47.4 Å². The van der Waals surface area contributed by atoms with E-state index in [0.717, 1.165) is 12.1 Å². The third-order valence-electron chi connectivity index (χ3n) is 4.74. The molecule has 0 spiro atoms. The number of amides is 1. The smallest absolute Gasteiger partial charge is 0.362 e. The molecule has 1 saturated heterocycles. The summed E-state index contributed by atoms with van der Waals surface area (Å²) in [6.07, 6.45) is -4.72.